The van der Waals surface area contributed by atoms with E-state index in [1.807, 2.05) is 6.07 Å². The molecule has 3 N–H and O–H groups in total. The van der Waals surface area contributed by atoms with Crippen molar-refractivity contribution in [2.45, 2.75) is 50.1 Å². The predicted octanol–water partition coefficient (Wildman–Crippen LogP) is 2.53. The maximum atomic E-state index is 13.7. The van der Waals surface area contributed by atoms with E-state index in [1.54, 1.807) is 12.1 Å². The van der Waals surface area contributed by atoms with Crippen LogP contribution in [0.4, 0.5) is 9.18 Å². The van der Waals surface area contributed by atoms with E-state index in [0.717, 1.165) is 32.1 Å². The quantitative estimate of drug-likeness (QED) is 0.800. The summed E-state index contributed by atoms with van der Waals surface area (Å²) in [4.78, 5) is 12.0. The first-order valence-electron chi connectivity index (χ1n) is 8.09. The zero-order valence-electron chi connectivity index (χ0n) is 12.6. The molecular weight excluding hydrogens is 283 g/mol. The minimum atomic E-state index is -0.195. The van der Waals surface area contributed by atoms with E-state index in [1.165, 1.54) is 6.07 Å². The van der Waals surface area contributed by atoms with Gasteiger partial charge >= 0.3 is 6.03 Å². The molecule has 1 aromatic rings. The molecular formula is C17H23FN2O2. The molecule has 2 saturated carbocycles. The van der Waals surface area contributed by atoms with Crippen molar-refractivity contribution < 1.29 is 14.3 Å². The molecule has 3 rings (SSSR count). The third-order valence-electron chi connectivity index (χ3n) is 4.85. The maximum Gasteiger partial charge on any atom is 0.315 e. The van der Waals surface area contributed by atoms with Crippen LogP contribution in [-0.2, 0) is 0 Å². The van der Waals surface area contributed by atoms with Crippen molar-refractivity contribution in [3.8, 4) is 0 Å². The van der Waals surface area contributed by atoms with E-state index < -0.39 is 0 Å². The third-order valence-corrected chi connectivity index (χ3v) is 4.85. The number of aliphatic hydroxyl groups is 1. The molecule has 0 bridgehead atoms. The Morgan fingerprint density at radius 1 is 1.18 bits per heavy atom. The van der Waals surface area contributed by atoms with Crippen LogP contribution >= 0.6 is 0 Å². The van der Waals surface area contributed by atoms with Gasteiger partial charge in [-0.3, -0.25) is 0 Å². The summed E-state index contributed by atoms with van der Waals surface area (Å²) in [5.74, 6) is 0.284. The second-order valence-corrected chi connectivity index (χ2v) is 6.49. The first-order chi connectivity index (χ1) is 10.7. The monoisotopic (exact) mass is 306 g/mol. The van der Waals surface area contributed by atoms with E-state index in [2.05, 4.69) is 10.6 Å². The molecule has 22 heavy (non-hydrogen) atoms. The smallest absolute Gasteiger partial charge is 0.315 e. The van der Waals surface area contributed by atoms with Crippen molar-refractivity contribution in [3.63, 3.8) is 0 Å². The predicted molar refractivity (Wildman–Crippen MR) is 82.0 cm³/mol. The summed E-state index contributed by atoms with van der Waals surface area (Å²) in [5, 5.41) is 15.0. The molecule has 2 aliphatic carbocycles. The van der Waals surface area contributed by atoms with Crippen LogP contribution in [0.15, 0.2) is 24.3 Å². The molecule has 5 heteroatoms. The van der Waals surface area contributed by atoms with Crippen LogP contribution < -0.4 is 10.6 Å². The van der Waals surface area contributed by atoms with Gasteiger partial charge in [-0.1, -0.05) is 18.2 Å². The summed E-state index contributed by atoms with van der Waals surface area (Å²) in [6.45, 7) is 0.241. The highest BCUT2D eigenvalue weighted by molar-refractivity contribution is 5.75. The van der Waals surface area contributed by atoms with Crippen molar-refractivity contribution in [2.24, 2.45) is 5.92 Å². The summed E-state index contributed by atoms with van der Waals surface area (Å²) in [6, 6.07) is 6.82. The Morgan fingerprint density at radius 2 is 1.91 bits per heavy atom. The molecule has 2 amide bonds. The topological polar surface area (TPSA) is 61.4 Å². The highest BCUT2D eigenvalue weighted by Gasteiger charge is 2.41. The average molecular weight is 306 g/mol. The molecule has 0 aromatic heterocycles. The zero-order chi connectivity index (χ0) is 15.5. The summed E-state index contributed by atoms with van der Waals surface area (Å²) in [7, 11) is 0. The lowest BCUT2D eigenvalue weighted by molar-refractivity contribution is 0.174. The fourth-order valence-corrected chi connectivity index (χ4v) is 3.36. The number of rotatable bonds is 4. The van der Waals surface area contributed by atoms with Crippen LogP contribution in [0.5, 0.6) is 0 Å². The summed E-state index contributed by atoms with van der Waals surface area (Å²) < 4.78 is 13.7. The van der Waals surface area contributed by atoms with Gasteiger partial charge in [0.05, 0.1) is 0 Å². The lowest BCUT2D eigenvalue weighted by Gasteiger charge is -2.28. The number of nitrogens with one attached hydrogen (secondary N) is 2. The Kier molecular flexibility index (Phi) is 4.62. The molecule has 4 nitrogen and oxygen atoms in total. The maximum absolute atomic E-state index is 13.7. The van der Waals surface area contributed by atoms with Gasteiger partial charge in [-0.05, 0) is 49.7 Å². The molecule has 2 unspecified atom stereocenters. The summed E-state index contributed by atoms with van der Waals surface area (Å²) in [6.07, 6.45) is 4.55. The second-order valence-electron chi connectivity index (χ2n) is 6.49. The standard InChI is InChI=1S/C17H23FN2O2/c18-15-4-2-1-3-13(15)14-9-16(14)20-17(22)19-12-7-5-11(10-21)6-8-12/h1-4,11-12,14,16,21H,5-10H2,(H2,19,20,22). The van der Waals surface area contributed by atoms with Crippen molar-refractivity contribution in [1.29, 1.82) is 0 Å². The molecule has 120 valence electrons. The first kappa shape index (κ1) is 15.3. The number of aliphatic hydroxyl groups excluding tert-OH is 1. The fourth-order valence-electron chi connectivity index (χ4n) is 3.36. The first-order valence-corrected chi connectivity index (χ1v) is 8.09. The molecule has 0 radical (unpaired) electrons. The van der Waals surface area contributed by atoms with E-state index in [9.17, 15) is 9.18 Å². The largest absolute Gasteiger partial charge is 0.396 e. The summed E-state index contributed by atoms with van der Waals surface area (Å²) in [5.41, 5.74) is 0.691. The lowest BCUT2D eigenvalue weighted by atomic mass is 9.87. The minimum absolute atomic E-state index is 0.0330. The van der Waals surface area contributed by atoms with E-state index in [0.29, 0.717) is 11.5 Å². The van der Waals surface area contributed by atoms with E-state index >= 15 is 0 Å². The Balaban J connectivity index is 1.43. The van der Waals surface area contributed by atoms with Gasteiger partial charge in [0, 0.05) is 24.6 Å². The Labute approximate surface area is 130 Å². The van der Waals surface area contributed by atoms with Crippen molar-refractivity contribution in [2.75, 3.05) is 6.61 Å². The Hall–Kier alpha value is -1.62. The lowest BCUT2D eigenvalue weighted by Crippen LogP contribution is -2.44. The SMILES string of the molecule is O=C(NC1CCC(CO)CC1)NC1CC1c1ccccc1F. The highest BCUT2D eigenvalue weighted by Crippen LogP contribution is 2.41. The number of hydrogen-bond acceptors (Lipinski definition) is 2. The van der Waals surface area contributed by atoms with Crippen molar-refractivity contribution in [1.82, 2.24) is 10.6 Å². The molecule has 2 aliphatic rings. The average Bonchev–Trinajstić information content (AvgIpc) is 3.27. The molecule has 0 heterocycles. The normalized spacial score (nSPS) is 30.6. The van der Waals surface area contributed by atoms with Crippen LogP contribution in [0, 0.1) is 11.7 Å². The van der Waals surface area contributed by atoms with Gasteiger partial charge < -0.3 is 15.7 Å². The Bertz CT molecular complexity index is 529. The van der Waals surface area contributed by atoms with Gasteiger partial charge in [-0.2, -0.15) is 0 Å². The van der Waals surface area contributed by atoms with E-state index in [-0.39, 0.29) is 36.5 Å². The number of benzene rings is 1. The van der Waals surface area contributed by atoms with Crippen molar-refractivity contribution >= 4 is 6.03 Å². The van der Waals surface area contributed by atoms with Crippen LogP contribution in [0.1, 0.15) is 43.6 Å². The molecule has 0 saturated heterocycles. The van der Waals surface area contributed by atoms with Gasteiger partial charge in [0.15, 0.2) is 0 Å². The van der Waals surface area contributed by atoms with Crippen LogP contribution in [0.2, 0.25) is 0 Å². The van der Waals surface area contributed by atoms with Crippen LogP contribution in [0.25, 0.3) is 0 Å². The number of carbonyl (C=O) groups is 1. The van der Waals surface area contributed by atoms with Gasteiger partial charge in [0.1, 0.15) is 5.82 Å². The minimum Gasteiger partial charge on any atom is -0.396 e. The number of urea groups is 1. The number of halogens is 1. The van der Waals surface area contributed by atoms with Crippen LogP contribution in [0.3, 0.4) is 0 Å². The molecule has 1 aromatic carbocycles. The zero-order valence-corrected chi connectivity index (χ0v) is 12.6. The van der Waals surface area contributed by atoms with Gasteiger partial charge in [0.2, 0.25) is 0 Å². The fraction of sp³-hybridized carbons (Fsp3) is 0.588. The van der Waals surface area contributed by atoms with Gasteiger partial charge in [-0.25, -0.2) is 9.18 Å². The Morgan fingerprint density at radius 3 is 2.59 bits per heavy atom. The number of hydrogen-bond donors (Lipinski definition) is 3. The molecule has 2 fully saturated rings. The number of amides is 2. The van der Waals surface area contributed by atoms with Gasteiger partial charge in [-0.15, -0.1) is 0 Å². The molecule has 2 atom stereocenters. The van der Waals surface area contributed by atoms with Gasteiger partial charge in [0.25, 0.3) is 0 Å². The number of carbonyl (C=O) groups excluding carboxylic acids is 1. The third kappa shape index (κ3) is 3.58. The second kappa shape index (κ2) is 6.65. The van der Waals surface area contributed by atoms with Crippen LogP contribution in [-0.4, -0.2) is 29.8 Å². The highest BCUT2D eigenvalue weighted by atomic mass is 19.1. The molecule has 0 aliphatic heterocycles. The van der Waals surface area contributed by atoms with Crippen molar-refractivity contribution in [3.05, 3.63) is 35.6 Å². The summed E-state index contributed by atoms with van der Waals surface area (Å²) >= 11 is 0. The van der Waals surface area contributed by atoms with E-state index in [4.69, 9.17) is 5.11 Å². The molecule has 0 spiro atoms.